The summed E-state index contributed by atoms with van der Waals surface area (Å²) in [6.45, 7) is 0. The van der Waals surface area contributed by atoms with Crippen LogP contribution in [0.2, 0.25) is 0 Å². The van der Waals surface area contributed by atoms with Gasteiger partial charge in [-0.2, -0.15) is 0 Å². The van der Waals surface area contributed by atoms with Gasteiger partial charge in [0.15, 0.2) is 0 Å². The fourth-order valence-corrected chi connectivity index (χ4v) is 2.83. The van der Waals surface area contributed by atoms with E-state index in [1.54, 1.807) is 12.1 Å². The van der Waals surface area contributed by atoms with Crippen molar-refractivity contribution in [1.82, 2.24) is 0 Å². The lowest BCUT2D eigenvalue weighted by Crippen LogP contribution is -2.40. The molecule has 2 N–H and O–H groups in total. The second kappa shape index (κ2) is 5.04. The molecule has 1 fully saturated rings. The highest BCUT2D eigenvalue weighted by Crippen LogP contribution is 2.34. The van der Waals surface area contributed by atoms with Crippen LogP contribution in [-0.2, 0) is 6.42 Å². The third-order valence-electron chi connectivity index (χ3n) is 3.50. The Morgan fingerprint density at radius 3 is 2.59 bits per heavy atom. The summed E-state index contributed by atoms with van der Waals surface area (Å²) in [5.74, 6) is -0.317. The summed E-state index contributed by atoms with van der Waals surface area (Å²) in [5.41, 5.74) is -0.132. The molecule has 1 aliphatic rings. The third-order valence-corrected chi connectivity index (χ3v) is 4.11. The number of benzene rings is 1. The van der Waals surface area contributed by atoms with E-state index in [9.17, 15) is 14.6 Å². The lowest BCUT2D eigenvalue weighted by atomic mass is 9.90. The van der Waals surface area contributed by atoms with Gasteiger partial charge in [0.1, 0.15) is 5.82 Å². The molecule has 0 radical (unpaired) electrons. The number of hydrogen-bond donors (Lipinski definition) is 2. The fraction of sp³-hybridized carbons (Fsp3) is 0.538. The van der Waals surface area contributed by atoms with Crippen molar-refractivity contribution < 1.29 is 14.6 Å². The molecular formula is C13H16BrFO2. The smallest absolute Gasteiger partial charge is 0.137 e. The summed E-state index contributed by atoms with van der Waals surface area (Å²) in [6.07, 6.45) is 2.80. The van der Waals surface area contributed by atoms with E-state index in [2.05, 4.69) is 15.9 Å². The van der Waals surface area contributed by atoms with E-state index in [0.29, 0.717) is 23.7 Å². The monoisotopic (exact) mass is 302 g/mol. The zero-order valence-electron chi connectivity index (χ0n) is 9.50. The van der Waals surface area contributed by atoms with Gasteiger partial charge in [0.25, 0.3) is 0 Å². The van der Waals surface area contributed by atoms with Gasteiger partial charge >= 0.3 is 0 Å². The van der Waals surface area contributed by atoms with Crippen LogP contribution in [0.5, 0.6) is 0 Å². The van der Waals surface area contributed by atoms with Crippen LogP contribution in [0.3, 0.4) is 0 Å². The molecule has 2 nitrogen and oxygen atoms in total. The molecule has 1 unspecified atom stereocenters. The largest absolute Gasteiger partial charge is 0.390 e. The summed E-state index contributed by atoms with van der Waals surface area (Å²) in [4.78, 5) is 0. The lowest BCUT2D eigenvalue weighted by Gasteiger charge is -2.28. The van der Waals surface area contributed by atoms with Crippen LogP contribution in [0.1, 0.15) is 31.2 Å². The molecule has 17 heavy (non-hydrogen) atoms. The number of hydrogen-bond acceptors (Lipinski definition) is 2. The fourth-order valence-electron chi connectivity index (χ4n) is 2.40. The minimum absolute atomic E-state index is 0.317. The van der Waals surface area contributed by atoms with E-state index in [-0.39, 0.29) is 5.82 Å². The van der Waals surface area contributed by atoms with E-state index in [0.717, 1.165) is 18.4 Å². The SMILES string of the molecule is OC(Cc1ccc(F)c(Br)c1)C1(O)CCCC1. The molecule has 0 heterocycles. The molecule has 1 aromatic carbocycles. The molecule has 94 valence electrons. The average Bonchev–Trinajstić information content (AvgIpc) is 2.72. The van der Waals surface area contributed by atoms with Crippen LogP contribution in [0.4, 0.5) is 4.39 Å². The van der Waals surface area contributed by atoms with E-state index >= 15 is 0 Å². The molecule has 4 heteroatoms. The van der Waals surface area contributed by atoms with Crippen molar-refractivity contribution in [2.75, 3.05) is 0 Å². The van der Waals surface area contributed by atoms with E-state index in [1.807, 2.05) is 0 Å². The Kier molecular flexibility index (Phi) is 3.85. The maximum Gasteiger partial charge on any atom is 0.137 e. The zero-order chi connectivity index (χ0) is 12.5. The van der Waals surface area contributed by atoms with Crippen LogP contribution in [0, 0.1) is 5.82 Å². The van der Waals surface area contributed by atoms with Gasteiger partial charge in [-0.05, 0) is 46.5 Å². The molecule has 0 bridgehead atoms. The van der Waals surface area contributed by atoms with Crippen LogP contribution < -0.4 is 0 Å². The highest BCUT2D eigenvalue weighted by molar-refractivity contribution is 9.10. The van der Waals surface area contributed by atoms with Crippen molar-refractivity contribution in [2.45, 2.75) is 43.8 Å². The van der Waals surface area contributed by atoms with E-state index in [4.69, 9.17) is 0 Å². The molecule has 0 aliphatic heterocycles. The Morgan fingerprint density at radius 1 is 1.35 bits per heavy atom. The summed E-state index contributed by atoms with van der Waals surface area (Å²) in [6, 6.07) is 4.66. The van der Waals surface area contributed by atoms with Crippen molar-refractivity contribution >= 4 is 15.9 Å². The molecule has 1 saturated carbocycles. The number of halogens is 2. The third kappa shape index (κ3) is 2.87. The highest BCUT2D eigenvalue weighted by Gasteiger charge is 2.38. The first kappa shape index (κ1) is 13.0. The Balaban J connectivity index is 2.07. The molecule has 0 aromatic heterocycles. The van der Waals surface area contributed by atoms with Gasteiger partial charge in [-0.3, -0.25) is 0 Å². The normalized spacial score (nSPS) is 20.5. The first-order valence-electron chi connectivity index (χ1n) is 5.86. The molecule has 0 amide bonds. The minimum atomic E-state index is -0.957. The Bertz CT molecular complexity index is 402. The molecule has 2 rings (SSSR count). The second-order valence-electron chi connectivity index (χ2n) is 4.78. The maximum absolute atomic E-state index is 13.1. The predicted octanol–water partition coefficient (Wildman–Crippen LogP) is 2.80. The van der Waals surface area contributed by atoms with Crippen LogP contribution >= 0.6 is 15.9 Å². The van der Waals surface area contributed by atoms with Gasteiger partial charge in [0.05, 0.1) is 16.2 Å². The summed E-state index contributed by atoms with van der Waals surface area (Å²) in [5, 5.41) is 20.3. The minimum Gasteiger partial charge on any atom is -0.390 e. The number of aliphatic hydroxyl groups excluding tert-OH is 1. The molecule has 1 aliphatic carbocycles. The van der Waals surface area contributed by atoms with Crippen molar-refractivity contribution in [2.24, 2.45) is 0 Å². The van der Waals surface area contributed by atoms with Crippen molar-refractivity contribution in [1.29, 1.82) is 0 Å². The van der Waals surface area contributed by atoms with Crippen LogP contribution in [-0.4, -0.2) is 21.9 Å². The maximum atomic E-state index is 13.1. The quantitative estimate of drug-likeness (QED) is 0.901. The van der Waals surface area contributed by atoms with Gasteiger partial charge in [-0.1, -0.05) is 18.9 Å². The van der Waals surface area contributed by atoms with Gasteiger partial charge in [-0.15, -0.1) is 0 Å². The number of aliphatic hydroxyl groups is 2. The first-order chi connectivity index (χ1) is 8.01. The van der Waals surface area contributed by atoms with Crippen molar-refractivity contribution in [3.8, 4) is 0 Å². The molecule has 0 saturated heterocycles. The summed E-state index contributed by atoms with van der Waals surface area (Å²) < 4.78 is 13.4. The Morgan fingerprint density at radius 2 is 2.00 bits per heavy atom. The van der Waals surface area contributed by atoms with Gasteiger partial charge in [-0.25, -0.2) is 4.39 Å². The Hall–Kier alpha value is -0.450. The van der Waals surface area contributed by atoms with Gasteiger partial charge in [0.2, 0.25) is 0 Å². The van der Waals surface area contributed by atoms with Crippen LogP contribution in [0.25, 0.3) is 0 Å². The summed E-state index contributed by atoms with van der Waals surface area (Å²) in [7, 11) is 0. The van der Waals surface area contributed by atoms with Crippen molar-refractivity contribution in [3.05, 3.63) is 34.1 Å². The van der Waals surface area contributed by atoms with Crippen molar-refractivity contribution in [3.63, 3.8) is 0 Å². The van der Waals surface area contributed by atoms with E-state index < -0.39 is 11.7 Å². The zero-order valence-corrected chi connectivity index (χ0v) is 11.1. The lowest BCUT2D eigenvalue weighted by molar-refractivity contribution is -0.0689. The van der Waals surface area contributed by atoms with Gasteiger partial charge in [0, 0.05) is 6.42 Å². The predicted molar refractivity (Wildman–Crippen MR) is 67.2 cm³/mol. The molecular weight excluding hydrogens is 287 g/mol. The summed E-state index contributed by atoms with van der Waals surface area (Å²) >= 11 is 3.11. The topological polar surface area (TPSA) is 40.5 Å². The molecule has 1 atom stereocenters. The highest BCUT2D eigenvalue weighted by atomic mass is 79.9. The van der Waals surface area contributed by atoms with E-state index in [1.165, 1.54) is 6.07 Å². The standard InChI is InChI=1S/C13H16BrFO2/c14-10-7-9(3-4-11(10)15)8-12(16)13(17)5-1-2-6-13/h3-4,7,12,16-17H,1-2,5-6,8H2. The Labute approximate surface area is 109 Å². The molecule has 0 spiro atoms. The number of rotatable bonds is 3. The van der Waals surface area contributed by atoms with Crippen LogP contribution in [0.15, 0.2) is 22.7 Å². The first-order valence-corrected chi connectivity index (χ1v) is 6.65. The average molecular weight is 303 g/mol. The molecule has 1 aromatic rings. The second-order valence-corrected chi connectivity index (χ2v) is 5.63. The van der Waals surface area contributed by atoms with Gasteiger partial charge < -0.3 is 10.2 Å².